The van der Waals surface area contributed by atoms with Crippen LogP contribution in [0.1, 0.15) is 23.6 Å². The van der Waals surface area contributed by atoms with Crippen molar-refractivity contribution >= 4 is 27.1 Å². The maximum Gasteiger partial charge on any atom is 0.265 e. The quantitative estimate of drug-likeness (QED) is 0.908. The smallest absolute Gasteiger partial charge is 0.265 e. The predicted molar refractivity (Wildman–Crippen MR) is 97.2 cm³/mol. The summed E-state index contributed by atoms with van der Waals surface area (Å²) in [7, 11) is -3.27. The highest BCUT2D eigenvalue weighted by atomic mass is 32.2. The van der Waals surface area contributed by atoms with Crippen LogP contribution in [0, 0.1) is 6.92 Å². The number of primary amides is 1. The van der Waals surface area contributed by atoms with E-state index in [0.717, 1.165) is 17.4 Å². The van der Waals surface area contributed by atoms with Crippen molar-refractivity contribution in [3.8, 4) is 0 Å². The molecule has 2 aromatic rings. The third-order valence-electron chi connectivity index (χ3n) is 4.19. The fourth-order valence-electron chi connectivity index (χ4n) is 2.79. The number of rotatable bonds is 4. The van der Waals surface area contributed by atoms with Crippen LogP contribution in [0.5, 0.6) is 0 Å². The lowest BCUT2D eigenvalue weighted by molar-refractivity contribution is -0.112. The normalized spacial score (nSPS) is 17.4. The number of sulfone groups is 1. The second-order valence-corrected chi connectivity index (χ2v) is 8.17. The highest BCUT2D eigenvalue weighted by Crippen LogP contribution is 2.35. The van der Waals surface area contributed by atoms with Crippen molar-refractivity contribution in [2.24, 2.45) is 10.8 Å². The van der Waals surface area contributed by atoms with Gasteiger partial charge in [0, 0.05) is 12.7 Å². The molecule has 2 N–H and O–H groups in total. The highest BCUT2D eigenvalue weighted by molar-refractivity contribution is 7.90. The molecule has 0 aliphatic carbocycles. The van der Waals surface area contributed by atoms with E-state index in [9.17, 15) is 13.2 Å². The Morgan fingerprint density at radius 2 is 1.72 bits per heavy atom. The van der Waals surface area contributed by atoms with Gasteiger partial charge in [-0.1, -0.05) is 29.8 Å². The molecule has 6 nitrogen and oxygen atoms in total. The van der Waals surface area contributed by atoms with E-state index < -0.39 is 15.7 Å². The van der Waals surface area contributed by atoms with Gasteiger partial charge in [0.05, 0.1) is 16.6 Å². The largest absolute Gasteiger partial charge is 0.364 e. The van der Waals surface area contributed by atoms with Gasteiger partial charge in [-0.25, -0.2) is 8.42 Å². The summed E-state index contributed by atoms with van der Waals surface area (Å²) in [6.07, 6.45) is 1.57. The van der Waals surface area contributed by atoms with E-state index in [1.54, 1.807) is 17.1 Å². The molecule has 130 valence electrons. The fourth-order valence-corrected chi connectivity index (χ4v) is 3.42. The monoisotopic (exact) mass is 357 g/mol. The minimum absolute atomic E-state index is 0.160. The van der Waals surface area contributed by atoms with E-state index in [0.29, 0.717) is 17.8 Å². The molecular weight excluding hydrogens is 338 g/mol. The van der Waals surface area contributed by atoms with Gasteiger partial charge in [0.2, 0.25) is 0 Å². The SMILES string of the molecule is Cc1ccc(C2CC(C(N)=O)=NN2c2ccc(S(C)(=O)=O)cc2)cc1. The summed E-state index contributed by atoms with van der Waals surface area (Å²) in [5, 5.41) is 6.07. The van der Waals surface area contributed by atoms with Gasteiger partial charge in [-0.05, 0) is 36.8 Å². The molecule has 1 heterocycles. The number of benzene rings is 2. The van der Waals surface area contributed by atoms with Gasteiger partial charge in [-0.3, -0.25) is 9.80 Å². The number of hydrogen-bond donors (Lipinski definition) is 1. The summed E-state index contributed by atoms with van der Waals surface area (Å²) in [5.41, 5.74) is 8.57. The van der Waals surface area contributed by atoms with Crippen molar-refractivity contribution in [3.05, 3.63) is 59.7 Å². The summed E-state index contributed by atoms with van der Waals surface area (Å²) in [6.45, 7) is 2.01. The van der Waals surface area contributed by atoms with Crippen LogP contribution in [-0.4, -0.2) is 26.3 Å². The standard InChI is InChI=1S/C18H19N3O3S/c1-12-3-5-13(6-4-12)17-11-16(18(19)22)20-21(17)14-7-9-15(10-8-14)25(2,23)24/h3-10,17H,11H2,1-2H3,(H2,19,22). The number of amides is 1. The lowest BCUT2D eigenvalue weighted by atomic mass is 10.00. The molecule has 7 heteroatoms. The second kappa shape index (κ2) is 6.33. The molecular formula is C18H19N3O3S. The first-order valence-electron chi connectivity index (χ1n) is 7.79. The number of carbonyl (C=O) groups excluding carboxylic acids is 1. The summed E-state index contributed by atoms with van der Waals surface area (Å²) >= 11 is 0. The Bertz CT molecular complexity index is 933. The molecule has 1 aliphatic heterocycles. The predicted octanol–water partition coefficient (Wildman–Crippen LogP) is 2.19. The average Bonchev–Trinajstić information content (AvgIpc) is 3.00. The Kier molecular flexibility index (Phi) is 4.34. The topological polar surface area (TPSA) is 92.8 Å². The number of carbonyl (C=O) groups is 1. The van der Waals surface area contributed by atoms with Crippen LogP contribution in [0.15, 0.2) is 58.5 Å². The third kappa shape index (κ3) is 3.56. The van der Waals surface area contributed by atoms with E-state index in [1.165, 1.54) is 12.1 Å². The van der Waals surface area contributed by atoms with Crippen LogP contribution in [0.2, 0.25) is 0 Å². The van der Waals surface area contributed by atoms with E-state index in [-0.39, 0.29) is 10.9 Å². The maximum absolute atomic E-state index is 11.6. The van der Waals surface area contributed by atoms with Crippen molar-refractivity contribution in [3.63, 3.8) is 0 Å². The van der Waals surface area contributed by atoms with Gasteiger partial charge in [-0.15, -0.1) is 0 Å². The first-order valence-corrected chi connectivity index (χ1v) is 9.68. The number of nitrogens with zero attached hydrogens (tertiary/aromatic N) is 2. The number of hydrazone groups is 1. The Hall–Kier alpha value is -2.67. The highest BCUT2D eigenvalue weighted by Gasteiger charge is 2.31. The summed E-state index contributed by atoms with van der Waals surface area (Å²) in [5.74, 6) is -0.549. The lowest BCUT2D eigenvalue weighted by Crippen LogP contribution is -2.22. The van der Waals surface area contributed by atoms with Crippen LogP contribution >= 0.6 is 0 Å². The number of aryl methyl sites for hydroxylation is 1. The summed E-state index contributed by atoms with van der Waals surface area (Å²) < 4.78 is 23.2. The molecule has 0 fully saturated rings. The lowest BCUT2D eigenvalue weighted by Gasteiger charge is -2.24. The molecule has 1 aliphatic rings. The molecule has 1 amide bonds. The Morgan fingerprint density at radius 3 is 2.24 bits per heavy atom. The first-order chi connectivity index (χ1) is 11.8. The number of nitrogens with two attached hydrogens (primary N) is 1. The van der Waals surface area contributed by atoms with Gasteiger partial charge >= 0.3 is 0 Å². The summed E-state index contributed by atoms with van der Waals surface area (Å²) in [4.78, 5) is 11.8. The van der Waals surface area contributed by atoms with E-state index in [4.69, 9.17) is 5.73 Å². The van der Waals surface area contributed by atoms with Crippen molar-refractivity contribution in [2.75, 3.05) is 11.3 Å². The molecule has 0 spiro atoms. The zero-order chi connectivity index (χ0) is 18.2. The van der Waals surface area contributed by atoms with Gasteiger partial charge < -0.3 is 5.73 Å². The summed E-state index contributed by atoms with van der Waals surface area (Å²) in [6, 6.07) is 14.3. The van der Waals surface area contributed by atoms with Gasteiger partial charge in [0.15, 0.2) is 9.84 Å². The third-order valence-corrected chi connectivity index (χ3v) is 5.31. The molecule has 0 saturated heterocycles. The van der Waals surface area contributed by atoms with Crippen LogP contribution < -0.4 is 10.7 Å². The molecule has 2 aromatic carbocycles. The van der Waals surface area contributed by atoms with Gasteiger partial charge in [0.25, 0.3) is 5.91 Å². The van der Waals surface area contributed by atoms with Crippen LogP contribution in [0.3, 0.4) is 0 Å². The molecule has 25 heavy (non-hydrogen) atoms. The van der Waals surface area contributed by atoms with E-state index >= 15 is 0 Å². The molecule has 1 unspecified atom stereocenters. The molecule has 1 atom stereocenters. The van der Waals surface area contributed by atoms with Crippen molar-refractivity contribution in [2.45, 2.75) is 24.3 Å². The minimum atomic E-state index is -3.27. The van der Waals surface area contributed by atoms with Crippen molar-refractivity contribution in [1.82, 2.24) is 0 Å². The Balaban J connectivity index is 1.99. The van der Waals surface area contributed by atoms with Gasteiger partial charge in [-0.2, -0.15) is 5.10 Å². The zero-order valence-corrected chi connectivity index (χ0v) is 14.8. The van der Waals surface area contributed by atoms with Crippen LogP contribution in [-0.2, 0) is 14.6 Å². The van der Waals surface area contributed by atoms with Crippen LogP contribution in [0.4, 0.5) is 5.69 Å². The Morgan fingerprint density at radius 1 is 1.12 bits per heavy atom. The van der Waals surface area contributed by atoms with E-state index in [2.05, 4.69) is 5.10 Å². The molecule has 3 rings (SSSR count). The van der Waals surface area contributed by atoms with Crippen molar-refractivity contribution < 1.29 is 13.2 Å². The van der Waals surface area contributed by atoms with Crippen molar-refractivity contribution in [1.29, 1.82) is 0 Å². The van der Waals surface area contributed by atoms with E-state index in [1.807, 2.05) is 31.2 Å². The molecule has 0 saturated carbocycles. The Labute approximate surface area is 146 Å². The molecule has 0 radical (unpaired) electrons. The number of anilines is 1. The molecule has 0 aromatic heterocycles. The number of hydrogen-bond acceptors (Lipinski definition) is 5. The van der Waals surface area contributed by atoms with Gasteiger partial charge in [0.1, 0.15) is 5.71 Å². The first kappa shape index (κ1) is 17.2. The van der Waals surface area contributed by atoms with Crippen LogP contribution in [0.25, 0.3) is 0 Å². The second-order valence-electron chi connectivity index (χ2n) is 6.15. The molecule has 0 bridgehead atoms. The minimum Gasteiger partial charge on any atom is -0.364 e. The zero-order valence-electron chi connectivity index (χ0n) is 14.0. The average molecular weight is 357 g/mol. The maximum atomic E-state index is 11.6. The fraction of sp³-hybridized carbons (Fsp3) is 0.222.